The molecule has 0 aromatic heterocycles. The first-order chi connectivity index (χ1) is 8.34. The van der Waals surface area contributed by atoms with Crippen LogP contribution in [0.4, 0.5) is 0 Å². The van der Waals surface area contributed by atoms with E-state index in [4.69, 9.17) is 22.1 Å². The van der Waals surface area contributed by atoms with E-state index < -0.39 is 11.9 Å². The molecular formula is C13H16ClNO3. The molecule has 3 N–H and O–H groups in total. The molecular weight excluding hydrogens is 254 g/mol. The monoisotopic (exact) mass is 269 g/mol. The minimum atomic E-state index is -0.963. The van der Waals surface area contributed by atoms with Gasteiger partial charge in [-0.3, -0.25) is 4.79 Å². The molecule has 1 aromatic rings. The smallest absolute Gasteiger partial charge is 0.312 e. The van der Waals surface area contributed by atoms with Crippen LogP contribution >= 0.6 is 11.6 Å². The predicted molar refractivity (Wildman–Crippen MR) is 69.3 cm³/mol. The summed E-state index contributed by atoms with van der Waals surface area (Å²) in [6.45, 7) is 3.94. The van der Waals surface area contributed by atoms with E-state index in [1.54, 1.807) is 6.07 Å². The van der Waals surface area contributed by atoms with E-state index in [0.717, 1.165) is 5.56 Å². The highest BCUT2D eigenvalue weighted by Crippen LogP contribution is 2.42. The van der Waals surface area contributed by atoms with Gasteiger partial charge in [-0.2, -0.15) is 0 Å². The van der Waals surface area contributed by atoms with Crippen LogP contribution < -0.4 is 10.5 Å². The van der Waals surface area contributed by atoms with Crippen LogP contribution in [0.3, 0.4) is 0 Å². The third-order valence-corrected chi connectivity index (χ3v) is 3.28. The van der Waals surface area contributed by atoms with Crippen molar-refractivity contribution in [3.63, 3.8) is 0 Å². The van der Waals surface area contributed by atoms with Gasteiger partial charge >= 0.3 is 5.97 Å². The van der Waals surface area contributed by atoms with Gasteiger partial charge < -0.3 is 15.6 Å². The number of nitrogens with two attached hydrogens (primary N) is 1. The summed E-state index contributed by atoms with van der Waals surface area (Å²) < 4.78 is 5.84. The molecule has 1 unspecified atom stereocenters. The molecule has 0 aliphatic carbocycles. The molecule has 1 aliphatic heterocycles. The van der Waals surface area contributed by atoms with Crippen molar-refractivity contribution in [2.24, 2.45) is 5.73 Å². The maximum Gasteiger partial charge on any atom is 0.312 e. The fourth-order valence-electron chi connectivity index (χ4n) is 2.32. The lowest BCUT2D eigenvalue weighted by molar-refractivity contribution is -0.138. The molecule has 0 amide bonds. The lowest BCUT2D eigenvalue weighted by Crippen LogP contribution is -2.26. The highest BCUT2D eigenvalue weighted by Gasteiger charge is 2.35. The summed E-state index contributed by atoms with van der Waals surface area (Å²) in [6, 6.07) is 3.46. The van der Waals surface area contributed by atoms with Crippen molar-refractivity contribution in [2.45, 2.75) is 31.8 Å². The Morgan fingerprint density at radius 3 is 2.83 bits per heavy atom. The van der Waals surface area contributed by atoms with Crippen molar-refractivity contribution < 1.29 is 14.6 Å². The van der Waals surface area contributed by atoms with E-state index in [2.05, 4.69) is 0 Å². The fraction of sp³-hybridized carbons (Fsp3) is 0.462. The third kappa shape index (κ3) is 2.31. The van der Waals surface area contributed by atoms with Gasteiger partial charge in [0.15, 0.2) is 0 Å². The molecule has 98 valence electrons. The van der Waals surface area contributed by atoms with Gasteiger partial charge in [0.1, 0.15) is 11.4 Å². The van der Waals surface area contributed by atoms with E-state index in [0.29, 0.717) is 22.8 Å². The van der Waals surface area contributed by atoms with Crippen LogP contribution in [0.1, 0.15) is 30.9 Å². The summed E-state index contributed by atoms with van der Waals surface area (Å²) in [6.07, 6.45) is 0.715. The van der Waals surface area contributed by atoms with Crippen LogP contribution in [0.15, 0.2) is 12.1 Å². The Kier molecular flexibility index (Phi) is 3.25. The zero-order chi connectivity index (χ0) is 13.5. The quantitative estimate of drug-likeness (QED) is 0.882. The molecule has 0 fully saturated rings. The van der Waals surface area contributed by atoms with Crippen molar-refractivity contribution in [3.8, 4) is 5.75 Å². The van der Waals surface area contributed by atoms with Crippen molar-refractivity contribution >= 4 is 17.6 Å². The topological polar surface area (TPSA) is 72.6 Å². The average molecular weight is 270 g/mol. The Morgan fingerprint density at radius 1 is 1.61 bits per heavy atom. The van der Waals surface area contributed by atoms with E-state index in [1.165, 1.54) is 0 Å². The number of rotatable bonds is 3. The lowest BCUT2D eigenvalue weighted by Gasteiger charge is -2.20. The van der Waals surface area contributed by atoms with Crippen molar-refractivity contribution in [1.82, 2.24) is 0 Å². The zero-order valence-electron chi connectivity index (χ0n) is 10.4. The minimum Gasteiger partial charge on any atom is -0.487 e. The van der Waals surface area contributed by atoms with Gasteiger partial charge in [0.05, 0.1) is 5.92 Å². The van der Waals surface area contributed by atoms with Gasteiger partial charge in [0.25, 0.3) is 0 Å². The summed E-state index contributed by atoms with van der Waals surface area (Å²) >= 11 is 6.04. The van der Waals surface area contributed by atoms with Crippen LogP contribution in [0.5, 0.6) is 5.75 Å². The number of hydrogen-bond donors (Lipinski definition) is 2. The molecule has 2 rings (SSSR count). The molecule has 0 spiro atoms. The van der Waals surface area contributed by atoms with Gasteiger partial charge in [-0.15, -0.1) is 0 Å². The molecule has 4 nitrogen and oxygen atoms in total. The minimum absolute atomic E-state index is 0.0197. The Bertz CT molecular complexity index is 499. The van der Waals surface area contributed by atoms with Gasteiger partial charge in [0.2, 0.25) is 0 Å². The van der Waals surface area contributed by atoms with Crippen LogP contribution in [0.25, 0.3) is 0 Å². The summed E-state index contributed by atoms with van der Waals surface area (Å²) in [7, 11) is 0. The number of aliphatic carboxylic acids is 1. The third-order valence-electron chi connectivity index (χ3n) is 3.06. The number of benzene rings is 1. The van der Waals surface area contributed by atoms with Crippen LogP contribution in [0, 0.1) is 0 Å². The second kappa shape index (κ2) is 4.44. The first kappa shape index (κ1) is 13.2. The number of carboxylic acid groups (broad SMARTS) is 1. The summed E-state index contributed by atoms with van der Waals surface area (Å²) in [5, 5.41) is 9.72. The zero-order valence-corrected chi connectivity index (χ0v) is 11.1. The van der Waals surface area contributed by atoms with Gasteiger partial charge in [-0.25, -0.2) is 0 Å². The number of carbonyl (C=O) groups is 1. The first-order valence-electron chi connectivity index (χ1n) is 5.78. The molecule has 0 bridgehead atoms. The summed E-state index contributed by atoms with van der Waals surface area (Å²) in [5.41, 5.74) is 6.72. The fourth-order valence-corrected chi connectivity index (χ4v) is 2.57. The maximum absolute atomic E-state index is 11.2. The molecule has 1 heterocycles. The SMILES string of the molecule is CC1(C)Cc2cc(Cl)cc(C(CN)C(=O)O)c2O1. The van der Waals surface area contributed by atoms with Crippen molar-refractivity contribution in [3.05, 3.63) is 28.3 Å². The molecule has 5 heteroatoms. The largest absolute Gasteiger partial charge is 0.487 e. The standard InChI is InChI=1S/C13H16ClNO3/c1-13(2)5-7-3-8(14)4-9(11(7)18-13)10(6-15)12(16)17/h3-4,10H,5-6,15H2,1-2H3,(H,16,17). The Morgan fingerprint density at radius 2 is 2.28 bits per heavy atom. The number of carboxylic acids is 1. The van der Waals surface area contributed by atoms with E-state index >= 15 is 0 Å². The van der Waals surface area contributed by atoms with Gasteiger partial charge in [0, 0.05) is 23.6 Å². The van der Waals surface area contributed by atoms with Crippen molar-refractivity contribution in [2.75, 3.05) is 6.54 Å². The molecule has 1 aromatic carbocycles. The number of halogens is 1. The maximum atomic E-state index is 11.2. The molecule has 1 aliphatic rings. The van der Waals surface area contributed by atoms with Crippen LogP contribution in [-0.4, -0.2) is 23.2 Å². The van der Waals surface area contributed by atoms with E-state index in [-0.39, 0.29) is 12.1 Å². The second-order valence-corrected chi connectivity index (χ2v) is 5.58. The molecule has 0 saturated heterocycles. The predicted octanol–water partition coefficient (Wildman–Crippen LogP) is 2.18. The molecule has 0 radical (unpaired) electrons. The Balaban J connectivity index is 2.53. The highest BCUT2D eigenvalue weighted by molar-refractivity contribution is 6.30. The first-order valence-corrected chi connectivity index (χ1v) is 6.16. The second-order valence-electron chi connectivity index (χ2n) is 5.15. The average Bonchev–Trinajstić information content (AvgIpc) is 2.52. The van der Waals surface area contributed by atoms with Gasteiger partial charge in [-0.05, 0) is 31.5 Å². The molecule has 1 atom stereocenters. The summed E-state index contributed by atoms with van der Waals surface area (Å²) in [4.78, 5) is 11.2. The lowest BCUT2D eigenvalue weighted by atomic mass is 9.94. The Labute approximate surface area is 111 Å². The molecule has 18 heavy (non-hydrogen) atoms. The van der Waals surface area contributed by atoms with E-state index in [9.17, 15) is 9.90 Å². The molecule has 0 saturated carbocycles. The van der Waals surface area contributed by atoms with Gasteiger partial charge in [-0.1, -0.05) is 11.6 Å². The Hall–Kier alpha value is -1.26. The normalized spacial score (nSPS) is 18.0. The number of hydrogen-bond acceptors (Lipinski definition) is 3. The summed E-state index contributed by atoms with van der Waals surface area (Å²) in [5.74, 6) is -1.12. The highest BCUT2D eigenvalue weighted by atomic mass is 35.5. The number of fused-ring (bicyclic) bond motifs is 1. The number of ether oxygens (including phenoxy) is 1. The van der Waals surface area contributed by atoms with Crippen LogP contribution in [0.2, 0.25) is 5.02 Å². The van der Waals surface area contributed by atoms with Crippen molar-refractivity contribution in [1.29, 1.82) is 0 Å². The van der Waals surface area contributed by atoms with E-state index in [1.807, 2.05) is 19.9 Å². The van der Waals surface area contributed by atoms with Crippen LogP contribution in [-0.2, 0) is 11.2 Å².